The van der Waals surface area contributed by atoms with Gasteiger partial charge in [0.25, 0.3) is 5.91 Å². The molecule has 1 saturated heterocycles. The molecule has 0 aliphatic carbocycles. The lowest BCUT2D eigenvalue weighted by atomic mass is 10.1. The summed E-state index contributed by atoms with van der Waals surface area (Å²) in [7, 11) is 1.57. The van der Waals surface area contributed by atoms with E-state index in [4.69, 9.17) is 4.74 Å². The minimum Gasteiger partial charge on any atom is -0.484 e. The number of carbonyl (C=O) groups is 2. The Kier molecular flexibility index (Phi) is 5.71. The first kappa shape index (κ1) is 17.5. The van der Waals surface area contributed by atoms with Crippen molar-refractivity contribution in [2.45, 2.75) is 25.3 Å². The van der Waals surface area contributed by atoms with E-state index in [2.05, 4.69) is 22.1 Å². The van der Waals surface area contributed by atoms with Crippen molar-refractivity contribution in [3.63, 3.8) is 0 Å². The van der Waals surface area contributed by atoms with Crippen LogP contribution in [0.1, 0.15) is 30.0 Å². The number of hydrogen-bond donors (Lipinski definition) is 1. The molecule has 0 bridgehead atoms. The fourth-order valence-corrected chi connectivity index (χ4v) is 3.83. The summed E-state index contributed by atoms with van der Waals surface area (Å²) in [4.78, 5) is 26.0. The Morgan fingerprint density at radius 3 is 3.00 bits per heavy atom. The highest BCUT2D eigenvalue weighted by Crippen LogP contribution is 2.33. The van der Waals surface area contributed by atoms with Gasteiger partial charge in [-0.3, -0.25) is 9.59 Å². The second-order valence-corrected chi connectivity index (χ2v) is 6.87. The third-order valence-corrected chi connectivity index (χ3v) is 5.11. The largest absolute Gasteiger partial charge is 0.484 e. The average molecular weight is 358 g/mol. The number of likely N-dealkylation sites (N-methyl/N-ethyl adjacent to an activating group) is 1. The summed E-state index contributed by atoms with van der Waals surface area (Å²) in [5.74, 6) is 0.555. The van der Waals surface area contributed by atoms with Crippen molar-refractivity contribution in [1.82, 2.24) is 10.2 Å². The van der Waals surface area contributed by atoms with Crippen LogP contribution in [0.4, 0.5) is 0 Å². The molecule has 0 spiro atoms. The van der Waals surface area contributed by atoms with E-state index in [-0.39, 0.29) is 24.5 Å². The van der Waals surface area contributed by atoms with Crippen molar-refractivity contribution in [2.24, 2.45) is 0 Å². The van der Waals surface area contributed by atoms with Crippen molar-refractivity contribution in [2.75, 3.05) is 20.2 Å². The Labute approximate surface area is 151 Å². The maximum atomic E-state index is 12.8. The molecule has 25 heavy (non-hydrogen) atoms. The van der Waals surface area contributed by atoms with E-state index < -0.39 is 0 Å². The number of amides is 2. The van der Waals surface area contributed by atoms with Crippen LogP contribution >= 0.6 is 11.3 Å². The summed E-state index contributed by atoms with van der Waals surface area (Å²) in [5.41, 5.74) is 2.13. The van der Waals surface area contributed by atoms with E-state index in [0.29, 0.717) is 12.2 Å². The minimum absolute atomic E-state index is 0.0275. The number of ether oxygens (including phenoxy) is 1. The van der Waals surface area contributed by atoms with Crippen molar-refractivity contribution < 1.29 is 14.3 Å². The Hall–Kier alpha value is -2.34. The molecule has 1 fully saturated rings. The molecule has 2 aromatic rings. The highest BCUT2D eigenvalue weighted by atomic mass is 32.1. The fraction of sp³-hybridized carbons (Fsp3) is 0.368. The zero-order valence-corrected chi connectivity index (χ0v) is 15.1. The van der Waals surface area contributed by atoms with Gasteiger partial charge in [-0.15, -0.1) is 0 Å². The zero-order chi connectivity index (χ0) is 17.6. The highest BCUT2D eigenvalue weighted by Gasteiger charge is 2.29. The average Bonchev–Trinajstić information content (AvgIpc) is 3.30. The maximum Gasteiger partial charge on any atom is 0.257 e. The molecule has 1 aromatic carbocycles. The van der Waals surface area contributed by atoms with Gasteiger partial charge in [-0.25, -0.2) is 0 Å². The van der Waals surface area contributed by atoms with Crippen LogP contribution in [-0.4, -0.2) is 36.9 Å². The molecule has 5 nitrogen and oxygen atoms in total. The van der Waals surface area contributed by atoms with Crippen LogP contribution in [0.3, 0.4) is 0 Å². The summed E-state index contributed by atoms with van der Waals surface area (Å²) in [6.45, 7) is 0.784. The van der Waals surface area contributed by atoms with Crippen LogP contribution < -0.4 is 10.1 Å². The Morgan fingerprint density at radius 2 is 2.24 bits per heavy atom. The van der Waals surface area contributed by atoms with Gasteiger partial charge in [0.2, 0.25) is 5.91 Å². The van der Waals surface area contributed by atoms with Crippen LogP contribution in [0.2, 0.25) is 0 Å². The lowest BCUT2D eigenvalue weighted by Crippen LogP contribution is -2.31. The third-order valence-electron chi connectivity index (χ3n) is 4.40. The van der Waals surface area contributed by atoms with Crippen molar-refractivity contribution in [3.05, 3.63) is 52.2 Å². The Bertz CT molecular complexity index is 730. The number of carbonyl (C=O) groups excluding carboxylic acids is 2. The Morgan fingerprint density at radius 1 is 1.36 bits per heavy atom. The predicted molar refractivity (Wildman–Crippen MR) is 97.7 cm³/mol. The second kappa shape index (κ2) is 8.16. The molecular weight excluding hydrogens is 336 g/mol. The highest BCUT2D eigenvalue weighted by molar-refractivity contribution is 7.08. The van der Waals surface area contributed by atoms with Gasteiger partial charge in [-0.05, 0) is 52.9 Å². The quantitative estimate of drug-likeness (QED) is 0.864. The summed E-state index contributed by atoms with van der Waals surface area (Å²) in [6.07, 6.45) is 2.41. The van der Waals surface area contributed by atoms with Gasteiger partial charge in [-0.2, -0.15) is 11.3 Å². The van der Waals surface area contributed by atoms with E-state index in [0.717, 1.165) is 24.9 Å². The lowest BCUT2D eigenvalue weighted by Gasteiger charge is -2.24. The molecule has 6 heteroatoms. The maximum absolute atomic E-state index is 12.8. The Balaban J connectivity index is 1.63. The molecule has 0 radical (unpaired) electrons. The monoisotopic (exact) mass is 358 g/mol. The van der Waals surface area contributed by atoms with Crippen LogP contribution in [0.15, 0.2) is 41.1 Å². The van der Waals surface area contributed by atoms with E-state index in [1.165, 1.54) is 5.56 Å². The summed E-state index contributed by atoms with van der Waals surface area (Å²) in [5, 5.41) is 6.70. The van der Waals surface area contributed by atoms with E-state index in [9.17, 15) is 9.59 Å². The van der Waals surface area contributed by atoms with Crippen LogP contribution in [-0.2, 0) is 16.0 Å². The van der Waals surface area contributed by atoms with Crippen molar-refractivity contribution in [1.29, 1.82) is 0 Å². The van der Waals surface area contributed by atoms with Crippen LogP contribution in [0.25, 0.3) is 0 Å². The molecule has 1 aliphatic rings. The molecule has 3 rings (SSSR count). The van der Waals surface area contributed by atoms with Gasteiger partial charge < -0.3 is 15.0 Å². The number of nitrogens with one attached hydrogen (secondary N) is 1. The van der Waals surface area contributed by atoms with Crippen LogP contribution in [0, 0.1) is 0 Å². The number of nitrogens with zero attached hydrogens (tertiary/aromatic N) is 1. The first-order valence-corrected chi connectivity index (χ1v) is 9.35. The summed E-state index contributed by atoms with van der Waals surface area (Å²) in [6, 6.07) is 9.69. The minimum atomic E-state index is -0.183. The van der Waals surface area contributed by atoms with Gasteiger partial charge in [0.15, 0.2) is 6.61 Å². The van der Waals surface area contributed by atoms with E-state index in [1.54, 1.807) is 24.5 Å². The molecule has 1 aromatic heterocycles. The first-order valence-electron chi connectivity index (χ1n) is 8.41. The molecule has 1 atom stereocenters. The SMILES string of the molecule is CNC(=O)COc1cccc(CC(=O)N2CCCC2c2ccsc2)c1. The standard InChI is InChI=1S/C19H22N2O3S/c1-20-18(22)12-24-16-5-2-4-14(10-16)11-19(23)21-8-3-6-17(21)15-7-9-25-13-15/h2,4-5,7,9-10,13,17H,3,6,8,11-12H2,1H3,(H,20,22). The lowest BCUT2D eigenvalue weighted by molar-refractivity contribution is -0.131. The topological polar surface area (TPSA) is 58.6 Å². The number of benzene rings is 1. The second-order valence-electron chi connectivity index (χ2n) is 6.09. The van der Waals surface area contributed by atoms with Gasteiger partial charge in [0.1, 0.15) is 5.75 Å². The molecule has 132 valence electrons. The molecular formula is C19H22N2O3S. The number of thiophene rings is 1. The third kappa shape index (κ3) is 4.39. The smallest absolute Gasteiger partial charge is 0.257 e. The molecule has 1 N–H and O–H groups in total. The molecule has 1 aliphatic heterocycles. The number of likely N-dealkylation sites (tertiary alicyclic amines) is 1. The summed E-state index contributed by atoms with van der Waals surface area (Å²) < 4.78 is 5.45. The fourth-order valence-electron chi connectivity index (χ4n) is 3.12. The molecule has 2 amide bonds. The molecule has 0 saturated carbocycles. The molecule has 2 heterocycles. The van der Waals surface area contributed by atoms with Crippen molar-refractivity contribution >= 4 is 23.2 Å². The zero-order valence-electron chi connectivity index (χ0n) is 14.2. The first-order chi connectivity index (χ1) is 12.2. The van der Waals surface area contributed by atoms with E-state index in [1.807, 2.05) is 23.1 Å². The number of rotatable bonds is 6. The normalized spacial score (nSPS) is 16.7. The van der Waals surface area contributed by atoms with Gasteiger partial charge >= 0.3 is 0 Å². The van der Waals surface area contributed by atoms with E-state index >= 15 is 0 Å². The van der Waals surface area contributed by atoms with Gasteiger partial charge in [0, 0.05) is 13.6 Å². The van der Waals surface area contributed by atoms with Crippen LogP contribution in [0.5, 0.6) is 5.75 Å². The summed E-state index contributed by atoms with van der Waals surface area (Å²) >= 11 is 1.67. The predicted octanol–water partition coefficient (Wildman–Crippen LogP) is 2.78. The molecule has 1 unspecified atom stereocenters. The van der Waals surface area contributed by atoms with Crippen molar-refractivity contribution in [3.8, 4) is 5.75 Å². The van der Waals surface area contributed by atoms with Gasteiger partial charge in [-0.1, -0.05) is 12.1 Å². The number of hydrogen-bond acceptors (Lipinski definition) is 4. The van der Waals surface area contributed by atoms with Gasteiger partial charge in [0.05, 0.1) is 12.5 Å².